The lowest BCUT2D eigenvalue weighted by molar-refractivity contribution is -0.385. The zero-order valence-electron chi connectivity index (χ0n) is 12.4. The average Bonchev–Trinajstić information content (AvgIpc) is 2.25. The summed E-state index contributed by atoms with van der Waals surface area (Å²) in [7, 11) is 4.08. The molecule has 0 saturated heterocycles. The van der Waals surface area contributed by atoms with Gasteiger partial charge in [0.15, 0.2) is 0 Å². The van der Waals surface area contributed by atoms with Crippen LogP contribution in [0.15, 0.2) is 18.2 Å². The zero-order chi connectivity index (χ0) is 14.6. The maximum atomic E-state index is 10.9. The highest BCUT2D eigenvalue weighted by atomic mass is 16.6. The van der Waals surface area contributed by atoms with Crippen LogP contribution in [-0.4, -0.2) is 37.0 Å². The standard InChI is InChI=1S/C14H23N3O2/c1-11-12(7-6-8-13(11)17(18)19)15-9-14(2,3)10-16(4)5/h6-8,15H,9-10H2,1-5H3. The van der Waals surface area contributed by atoms with Crippen LogP contribution in [0, 0.1) is 22.5 Å². The molecule has 0 spiro atoms. The highest BCUT2D eigenvalue weighted by molar-refractivity contribution is 5.59. The van der Waals surface area contributed by atoms with Crippen LogP contribution in [0.25, 0.3) is 0 Å². The van der Waals surface area contributed by atoms with Crippen LogP contribution in [-0.2, 0) is 0 Å². The van der Waals surface area contributed by atoms with Crippen LogP contribution in [0.1, 0.15) is 19.4 Å². The van der Waals surface area contributed by atoms with Gasteiger partial charge in [-0.05, 0) is 32.5 Å². The van der Waals surface area contributed by atoms with Crippen molar-refractivity contribution in [2.75, 3.05) is 32.5 Å². The normalized spacial score (nSPS) is 11.7. The Labute approximate surface area is 114 Å². The third-order valence-corrected chi connectivity index (χ3v) is 3.00. The third kappa shape index (κ3) is 4.52. The highest BCUT2D eigenvalue weighted by Crippen LogP contribution is 2.26. The molecule has 1 rings (SSSR count). The van der Waals surface area contributed by atoms with Gasteiger partial charge in [-0.15, -0.1) is 0 Å². The number of nitrogens with zero attached hydrogens (tertiary/aromatic N) is 2. The molecule has 5 nitrogen and oxygen atoms in total. The van der Waals surface area contributed by atoms with Crippen LogP contribution >= 0.6 is 0 Å². The molecule has 19 heavy (non-hydrogen) atoms. The van der Waals surface area contributed by atoms with Crippen LogP contribution < -0.4 is 5.32 Å². The summed E-state index contributed by atoms with van der Waals surface area (Å²) in [5, 5.41) is 14.2. The van der Waals surface area contributed by atoms with E-state index < -0.39 is 0 Å². The van der Waals surface area contributed by atoms with E-state index in [1.807, 2.05) is 20.2 Å². The van der Waals surface area contributed by atoms with Crippen LogP contribution in [0.5, 0.6) is 0 Å². The molecule has 0 heterocycles. The summed E-state index contributed by atoms with van der Waals surface area (Å²) in [4.78, 5) is 12.7. The maximum Gasteiger partial charge on any atom is 0.274 e. The number of anilines is 1. The van der Waals surface area contributed by atoms with E-state index in [0.717, 1.165) is 18.8 Å². The molecule has 1 N–H and O–H groups in total. The second-order valence-electron chi connectivity index (χ2n) is 5.96. The van der Waals surface area contributed by atoms with Crippen molar-refractivity contribution in [2.24, 2.45) is 5.41 Å². The van der Waals surface area contributed by atoms with E-state index >= 15 is 0 Å². The molecule has 106 valence electrons. The van der Waals surface area contributed by atoms with Gasteiger partial charge in [0.2, 0.25) is 0 Å². The van der Waals surface area contributed by atoms with Crippen molar-refractivity contribution in [2.45, 2.75) is 20.8 Å². The lowest BCUT2D eigenvalue weighted by Crippen LogP contribution is -2.34. The van der Waals surface area contributed by atoms with E-state index in [1.165, 1.54) is 6.07 Å². The summed E-state index contributed by atoms with van der Waals surface area (Å²) in [5.74, 6) is 0. The Morgan fingerprint density at radius 1 is 1.37 bits per heavy atom. The van der Waals surface area contributed by atoms with Crippen molar-refractivity contribution in [1.29, 1.82) is 0 Å². The fourth-order valence-corrected chi connectivity index (χ4v) is 2.26. The SMILES string of the molecule is Cc1c(NCC(C)(C)CN(C)C)cccc1[N+](=O)[O-]. The highest BCUT2D eigenvalue weighted by Gasteiger charge is 2.20. The van der Waals surface area contributed by atoms with Gasteiger partial charge in [0.25, 0.3) is 5.69 Å². The molecule has 0 bridgehead atoms. The average molecular weight is 265 g/mol. The molecular formula is C14H23N3O2. The van der Waals surface area contributed by atoms with Crippen LogP contribution in [0.2, 0.25) is 0 Å². The van der Waals surface area contributed by atoms with Gasteiger partial charge in [0, 0.05) is 30.4 Å². The predicted octanol–water partition coefficient (Wildman–Crippen LogP) is 2.90. The molecule has 0 aliphatic heterocycles. The van der Waals surface area contributed by atoms with E-state index in [-0.39, 0.29) is 16.0 Å². The first-order valence-electron chi connectivity index (χ1n) is 6.35. The number of hydrogen-bond acceptors (Lipinski definition) is 4. The molecule has 0 aliphatic carbocycles. The number of hydrogen-bond donors (Lipinski definition) is 1. The number of rotatable bonds is 6. The minimum atomic E-state index is -0.342. The summed E-state index contributed by atoms with van der Waals surface area (Å²) in [5.41, 5.74) is 1.78. The summed E-state index contributed by atoms with van der Waals surface area (Å²) in [6.07, 6.45) is 0. The topological polar surface area (TPSA) is 58.4 Å². The quantitative estimate of drug-likeness (QED) is 0.634. The van der Waals surface area contributed by atoms with Gasteiger partial charge in [-0.1, -0.05) is 19.9 Å². The summed E-state index contributed by atoms with van der Waals surface area (Å²) in [6, 6.07) is 5.13. The van der Waals surface area contributed by atoms with Crippen LogP contribution in [0.4, 0.5) is 11.4 Å². The Hall–Kier alpha value is -1.62. The first kappa shape index (κ1) is 15.4. The molecule has 5 heteroatoms. The number of nitro benzene ring substituents is 1. The van der Waals surface area contributed by atoms with Crippen molar-refractivity contribution in [3.8, 4) is 0 Å². The zero-order valence-corrected chi connectivity index (χ0v) is 12.4. The van der Waals surface area contributed by atoms with Gasteiger partial charge in [0.1, 0.15) is 0 Å². The molecule has 0 unspecified atom stereocenters. The predicted molar refractivity (Wildman–Crippen MR) is 78.7 cm³/mol. The lowest BCUT2D eigenvalue weighted by atomic mass is 9.92. The minimum Gasteiger partial charge on any atom is -0.384 e. The van der Waals surface area contributed by atoms with Gasteiger partial charge in [-0.3, -0.25) is 10.1 Å². The van der Waals surface area contributed by atoms with Crippen molar-refractivity contribution in [3.05, 3.63) is 33.9 Å². The maximum absolute atomic E-state index is 10.9. The Morgan fingerprint density at radius 2 is 2.00 bits per heavy atom. The van der Waals surface area contributed by atoms with E-state index in [0.29, 0.717) is 5.56 Å². The fourth-order valence-electron chi connectivity index (χ4n) is 2.26. The van der Waals surface area contributed by atoms with E-state index in [9.17, 15) is 10.1 Å². The molecule has 1 aromatic carbocycles. The molecule has 0 aromatic heterocycles. The minimum absolute atomic E-state index is 0.0978. The second kappa shape index (κ2) is 6.02. The molecule has 0 fully saturated rings. The molecule has 0 radical (unpaired) electrons. The molecule has 0 amide bonds. The Bertz CT molecular complexity index is 456. The van der Waals surface area contributed by atoms with Crippen LogP contribution in [0.3, 0.4) is 0 Å². The Morgan fingerprint density at radius 3 is 2.53 bits per heavy atom. The summed E-state index contributed by atoms with van der Waals surface area (Å²) < 4.78 is 0. The Kier molecular flexibility index (Phi) is 4.89. The van der Waals surface area contributed by atoms with Gasteiger partial charge < -0.3 is 10.2 Å². The van der Waals surface area contributed by atoms with Crippen molar-refractivity contribution >= 4 is 11.4 Å². The lowest BCUT2D eigenvalue weighted by Gasteiger charge is -2.29. The fraction of sp³-hybridized carbons (Fsp3) is 0.571. The van der Waals surface area contributed by atoms with Crippen molar-refractivity contribution in [1.82, 2.24) is 4.90 Å². The van der Waals surface area contributed by atoms with E-state index in [4.69, 9.17) is 0 Å². The van der Waals surface area contributed by atoms with Gasteiger partial charge in [-0.25, -0.2) is 0 Å². The van der Waals surface area contributed by atoms with Gasteiger partial charge >= 0.3 is 0 Å². The molecular weight excluding hydrogens is 242 g/mol. The van der Waals surface area contributed by atoms with Gasteiger partial charge in [0.05, 0.1) is 4.92 Å². The Balaban J connectivity index is 2.78. The monoisotopic (exact) mass is 265 g/mol. The second-order valence-corrected chi connectivity index (χ2v) is 5.96. The number of nitro groups is 1. The van der Waals surface area contributed by atoms with Crippen molar-refractivity contribution in [3.63, 3.8) is 0 Å². The largest absolute Gasteiger partial charge is 0.384 e. The third-order valence-electron chi connectivity index (χ3n) is 3.00. The van der Waals surface area contributed by atoms with E-state index in [2.05, 4.69) is 24.1 Å². The number of benzene rings is 1. The molecule has 1 aromatic rings. The molecule has 0 atom stereocenters. The van der Waals surface area contributed by atoms with Gasteiger partial charge in [-0.2, -0.15) is 0 Å². The molecule has 0 aliphatic rings. The van der Waals surface area contributed by atoms with E-state index in [1.54, 1.807) is 13.0 Å². The number of nitrogens with one attached hydrogen (secondary N) is 1. The van der Waals surface area contributed by atoms with Crippen molar-refractivity contribution < 1.29 is 4.92 Å². The molecule has 0 saturated carbocycles. The smallest absolute Gasteiger partial charge is 0.274 e. The first-order valence-corrected chi connectivity index (χ1v) is 6.35. The first-order chi connectivity index (χ1) is 8.73. The summed E-state index contributed by atoms with van der Waals surface area (Å²) in [6.45, 7) is 7.85. The summed E-state index contributed by atoms with van der Waals surface area (Å²) >= 11 is 0.